The van der Waals surface area contributed by atoms with Crippen molar-refractivity contribution in [2.75, 3.05) is 0 Å². The van der Waals surface area contributed by atoms with Crippen LogP contribution in [0.2, 0.25) is 0 Å². The van der Waals surface area contributed by atoms with Crippen molar-refractivity contribution in [3.8, 4) is 0 Å². The van der Waals surface area contributed by atoms with Crippen LogP contribution in [-0.4, -0.2) is 44.7 Å². The summed E-state index contributed by atoms with van der Waals surface area (Å²) in [5.74, 6) is -0.753. The summed E-state index contributed by atoms with van der Waals surface area (Å²) in [5, 5.41) is 37.8. The van der Waals surface area contributed by atoms with Crippen LogP contribution in [0.3, 0.4) is 0 Å². The standard InChI is InChI=1S/C18H32O5/c1-2-3-7-11-16(20)17(21)14-13-15(19)10-8-5-4-6-9-12-18(22)23/h3,7,13-17,19-21H,2,4-6,8-12H2,1H3,(H,22,23)/b7-3-,14-13+/t15-,16-,17-/m0/s1. The molecule has 0 saturated carbocycles. The zero-order valence-corrected chi connectivity index (χ0v) is 14.1. The van der Waals surface area contributed by atoms with Gasteiger partial charge in [0.2, 0.25) is 0 Å². The zero-order chi connectivity index (χ0) is 17.5. The molecule has 5 nitrogen and oxygen atoms in total. The van der Waals surface area contributed by atoms with Crippen LogP contribution < -0.4 is 0 Å². The normalized spacial score (nSPS) is 16.0. The number of hydrogen-bond acceptors (Lipinski definition) is 4. The molecule has 5 heteroatoms. The molecule has 0 aromatic carbocycles. The van der Waals surface area contributed by atoms with Gasteiger partial charge in [-0.3, -0.25) is 4.79 Å². The lowest BCUT2D eigenvalue weighted by Gasteiger charge is -2.13. The van der Waals surface area contributed by atoms with E-state index in [1.807, 2.05) is 19.1 Å². The second kappa shape index (κ2) is 14.4. The first-order valence-electron chi connectivity index (χ1n) is 8.56. The minimum absolute atomic E-state index is 0.221. The molecule has 0 aliphatic heterocycles. The Balaban J connectivity index is 3.72. The van der Waals surface area contributed by atoms with Gasteiger partial charge in [0.1, 0.15) is 0 Å². The molecule has 0 heterocycles. The van der Waals surface area contributed by atoms with Gasteiger partial charge in [-0.15, -0.1) is 0 Å². The van der Waals surface area contributed by atoms with E-state index >= 15 is 0 Å². The molecule has 0 aliphatic rings. The van der Waals surface area contributed by atoms with Crippen LogP contribution in [0, 0.1) is 0 Å². The lowest BCUT2D eigenvalue weighted by atomic mass is 10.0. The van der Waals surface area contributed by atoms with Gasteiger partial charge < -0.3 is 20.4 Å². The van der Waals surface area contributed by atoms with Gasteiger partial charge in [-0.1, -0.05) is 56.9 Å². The molecular weight excluding hydrogens is 296 g/mol. The van der Waals surface area contributed by atoms with Crippen molar-refractivity contribution in [2.45, 2.75) is 83.0 Å². The third-order valence-electron chi connectivity index (χ3n) is 3.60. The first-order chi connectivity index (χ1) is 11.0. The summed E-state index contributed by atoms with van der Waals surface area (Å²) in [4.78, 5) is 10.3. The fourth-order valence-electron chi connectivity index (χ4n) is 2.17. The number of hydrogen-bond donors (Lipinski definition) is 4. The van der Waals surface area contributed by atoms with Gasteiger partial charge in [0.25, 0.3) is 0 Å². The number of aliphatic hydroxyl groups is 3. The number of allylic oxidation sites excluding steroid dienone is 1. The second-order valence-electron chi connectivity index (χ2n) is 5.83. The van der Waals surface area contributed by atoms with Crippen molar-refractivity contribution in [3.63, 3.8) is 0 Å². The zero-order valence-electron chi connectivity index (χ0n) is 14.1. The SMILES string of the molecule is CC/C=C\C[C@H](O)[C@@H](O)/C=C/[C@@H](O)CCCCCCCC(=O)O. The summed E-state index contributed by atoms with van der Waals surface area (Å²) in [6.07, 6.45) is 10.8. The highest BCUT2D eigenvalue weighted by atomic mass is 16.4. The van der Waals surface area contributed by atoms with E-state index in [0.717, 1.165) is 32.1 Å². The summed E-state index contributed by atoms with van der Waals surface area (Å²) >= 11 is 0. The van der Waals surface area contributed by atoms with Crippen LogP contribution in [-0.2, 0) is 4.79 Å². The Hall–Kier alpha value is -1.17. The van der Waals surface area contributed by atoms with E-state index in [2.05, 4.69) is 0 Å². The summed E-state index contributed by atoms with van der Waals surface area (Å²) in [5.41, 5.74) is 0. The van der Waals surface area contributed by atoms with Gasteiger partial charge in [0.15, 0.2) is 0 Å². The van der Waals surface area contributed by atoms with Crippen molar-refractivity contribution in [1.82, 2.24) is 0 Å². The number of carboxylic acids is 1. The van der Waals surface area contributed by atoms with E-state index in [1.165, 1.54) is 12.2 Å². The Morgan fingerprint density at radius 1 is 0.957 bits per heavy atom. The lowest BCUT2D eigenvalue weighted by Crippen LogP contribution is -2.23. The predicted octanol–water partition coefficient (Wildman–Crippen LogP) is 2.80. The molecule has 23 heavy (non-hydrogen) atoms. The first-order valence-corrected chi connectivity index (χ1v) is 8.56. The molecule has 0 amide bonds. The van der Waals surface area contributed by atoms with Crippen LogP contribution in [0.4, 0.5) is 0 Å². The van der Waals surface area contributed by atoms with Gasteiger partial charge in [0, 0.05) is 6.42 Å². The van der Waals surface area contributed by atoms with Crippen molar-refractivity contribution in [1.29, 1.82) is 0 Å². The summed E-state index contributed by atoms with van der Waals surface area (Å²) < 4.78 is 0. The molecule has 0 fully saturated rings. The fourth-order valence-corrected chi connectivity index (χ4v) is 2.17. The molecule has 0 aliphatic carbocycles. The molecule has 0 bridgehead atoms. The largest absolute Gasteiger partial charge is 0.481 e. The van der Waals surface area contributed by atoms with Crippen LogP contribution in [0.5, 0.6) is 0 Å². The van der Waals surface area contributed by atoms with Crippen molar-refractivity contribution in [3.05, 3.63) is 24.3 Å². The monoisotopic (exact) mass is 328 g/mol. The van der Waals surface area contributed by atoms with Gasteiger partial charge >= 0.3 is 5.97 Å². The fraction of sp³-hybridized carbons (Fsp3) is 0.722. The molecule has 0 rings (SSSR count). The Bertz CT molecular complexity index is 351. The molecule has 0 saturated heterocycles. The Morgan fingerprint density at radius 2 is 1.61 bits per heavy atom. The molecular formula is C18H32O5. The maximum atomic E-state index is 10.3. The third-order valence-corrected chi connectivity index (χ3v) is 3.60. The van der Waals surface area contributed by atoms with Gasteiger partial charge in [0.05, 0.1) is 18.3 Å². The highest BCUT2D eigenvalue weighted by Crippen LogP contribution is 2.10. The third kappa shape index (κ3) is 14.2. The molecule has 3 atom stereocenters. The number of carboxylic acid groups (broad SMARTS) is 1. The number of rotatable bonds is 14. The van der Waals surface area contributed by atoms with Gasteiger partial charge in [-0.05, 0) is 25.7 Å². The molecule has 4 N–H and O–H groups in total. The summed E-state index contributed by atoms with van der Waals surface area (Å²) in [6, 6.07) is 0. The van der Waals surface area contributed by atoms with Crippen molar-refractivity contribution < 1.29 is 25.2 Å². The highest BCUT2D eigenvalue weighted by Gasteiger charge is 2.11. The lowest BCUT2D eigenvalue weighted by molar-refractivity contribution is -0.137. The van der Waals surface area contributed by atoms with Crippen LogP contribution in [0.1, 0.15) is 64.7 Å². The molecule has 0 unspecified atom stereocenters. The minimum atomic E-state index is -0.970. The van der Waals surface area contributed by atoms with E-state index in [0.29, 0.717) is 19.3 Å². The average molecular weight is 328 g/mol. The van der Waals surface area contributed by atoms with E-state index < -0.39 is 24.3 Å². The average Bonchev–Trinajstić information content (AvgIpc) is 2.51. The molecule has 0 aromatic rings. The molecule has 0 radical (unpaired) electrons. The Morgan fingerprint density at radius 3 is 2.26 bits per heavy atom. The van der Waals surface area contributed by atoms with Crippen molar-refractivity contribution >= 4 is 5.97 Å². The van der Waals surface area contributed by atoms with E-state index in [1.54, 1.807) is 0 Å². The highest BCUT2D eigenvalue weighted by molar-refractivity contribution is 5.66. The second-order valence-corrected chi connectivity index (χ2v) is 5.83. The molecule has 0 aromatic heterocycles. The Kier molecular flexibility index (Phi) is 13.7. The summed E-state index contributed by atoms with van der Waals surface area (Å²) in [7, 11) is 0. The molecule has 0 spiro atoms. The van der Waals surface area contributed by atoms with Crippen LogP contribution >= 0.6 is 0 Å². The van der Waals surface area contributed by atoms with E-state index in [9.17, 15) is 20.1 Å². The molecule has 134 valence electrons. The van der Waals surface area contributed by atoms with Gasteiger partial charge in [-0.25, -0.2) is 0 Å². The predicted molar refractivity (Wildman–Crippen MR) is 91.2 cm³/mol. The minimum Gasteiger partial charge on any atom is -0.481 e. The number of aliphatic carboxylic acids is 1. The van der Waals surface area contributed by atoms with E-state index in [4.69, 9.17) is 5.11 Å². The van der Waals surface area contributed by atoms with Crippen LogP contribution in [0.15, 0.2) is 24.3 Å². The van der Waals surface area contributed by atoms with Gasteiger partial charge in [-0.2, -0.15) is 0 Å². The maximum absolute atomic E-state index is 10.3. The topological polar surface area (TPSA) is 98.0 Å². The quantitative estimate of drug-likeness (QED) is 0.290. The number of unbranched alkanes of at least 4 members (excludes halogenated alkanes) is 4. The smallest absolute Gasteiger partial charge is 0.303 e. The number of carbonyl (C=O) groups is 1. The Labute approximate surface area is 139 Å². The van der Waals surface area contributed by atoms with E-state index in [-0.39, 0.29) is 6.42 Å². The maximum Gasteiger partial charge on any atom is 0.303 e. The van der Waals surface area contributed by atoms with Crippen molar-refractivity contribution in [2.24, 2.45) is 0 Å². The number of aliphatic hydroxyl groups excluding tert-OH is 3. The first kappa shape index (κ1) is 21.8. The van der Waals surface area contributed by atoms with Crippen LogP contribution in [0.25, 0.3) is 0 Å². The summed E-state index contributed by atoms with van der Waals surface area (Å²) in [6.45, 7) is 2.00.